The van der Waals surface area contributed by atoms with Gasteiger partial charge >= 0.3 is 5.97 Å². The first-order valence-electron chi connectivity index (χ1n) is 8.65. The van der Waals surface area contributed by atoms with Crippen LogP contribution < -0.4 is 0 Å². The zero-order chi connectivity index (χ0) is 20.1. The van der Waals surface area contributed by atoms with Crippen LogP contribution in [0.4, 0.5) is 0 Å². The normalized spacial score (nSPS) is 11.4. The molecule has 9 nitrogen and oxygen atoms in total. The lowest BCUT2D eigenvalue weighted by molar-refractivity contribution is -0.136. The van der Waals surface area contributed by atoms with E-state index in [9.17, 15) is 9.59 Å². The maximum absolute atomic E-state index is 12.8. The second kappa shape index (κ2) is 8.17. The number of esters is 1. The van der Waals surface area contributed by atoms with E-state index in [-0.39, 0.29) is 11.5 Å². The molecule has 3 heterocycles. The van der Waals surface area contributed by atoms with E-state index in [0.29, 0.717) is 22.8 Å². The Bertz CT molecular complexity index is 1130. The third-order valence-electron chi connectivity index (χ3n) is 3.99. The number of benzene rings is 1. The zero-order valence-corrected chi connectivity index (χ0v) is 15.1. The summed E-state index contributed by atoms with van der Waals surface area (Å²) in [5.41, 5.74) is 1.06. The second-order valence-electron chi connectivity index (χ2n) is 5.91. The number of rotatable bonds is 7. The molecule has 0 spiro atoms. The molecule has 0 amide bonds. The SMILES string of the molecule is O=C(OCC(=O)c1ccc[nH]1)/C(=C/c1ccco1)n1nnnc1-c1ccccc1. The standard InChI is InChI=1S/C20H15N5O4/c26-18(16-9-4-10-21-16)13-29-20(27)17(12-15-8-5-11-28-15)25-19(22-23-24-25)14-6-2-1-3-7-14/h1-12,21H,13H2/b17-12-. The van der Waals surface area contributed by atoms with Crippen LogP contribution in [-0.4, -0.2) is 43.6 Å². The van der Waals surface area contributed by atoms with Gasteiger partial charge in [-0.25, -0.2) is 4.79 Å². The Morgan fingerprint density at radius 2 is 1.97 bits per heavy atom. The number of hydrogen-bond donors (Lipinski definition) is 1. The van der Waals surface area contributed by atoms with Crippen LogP contribution >= 0.6 is 0 Å². The number of aromatic amines is 1. The number of Topliss-reactive ketones (excluding diaryl/α,β-unsaturated/α-hetero) is 1. The van der Waals surface area contributed by atoms with Gasteiger partial charge in [0.2, 0.25) is 5.78 Å². The summed E-state index contributed by atoms with van der Waals surface area (Å²) in [6.45, 7) is -0.433. The van der Waals surface area contributed by atoms with Gasteiger partial charge in [-0.05, 0) is 34.7 Å². The van der Waals surface area contributed by atoms with Crippen molar-refractivity contribution in [3.8, 4) is 11.4 Å². The highest BCUT2D eigenvalue weighted by Crippen LogP contribution is 2.21. The van der Waals surface area contributed by atoms with Crippen LogP contribution in [0.15, 0.2) is 71.5 Å². The van der Waals surface area contributed by atoms with Crippen molar-refractivity contribution in [3.63, 3.8) is 0 Å². The van der Waals surface area contributed by atoms with Crippen LogP contribution in [0.5, 0.6) is 0 Å². The molecule has 9 heteroatoms. The highest BCUT2D eigenvalue weighted by Gasteiger charge is 2.22. The molecule has 4 aromatic rings. The molecule has 0 fully saturated rings. The van der Waals surface area contributed by atoms with Gasteiger partial charge in [-0.3, -0.25) is 4.79 Å². The molecule has 1 N–H and O–H groups in total. The topological polar surface area (TPSA) is 116 Å². The molecule has 0 atom stereocenters. The quantitative estimate of drug-likeness (QED) is 0.293. The summed E-state index contributed by atoms with van der Waals surface area (Å²) in [5, 5.41) is 11.6. The van der Waals surface area contributed by atoms with Gasteiger partial charge in [0.15, 0.2) is 18.1 Å². The lowest BCUT2D eigenvalue weighted by atomic mass is 10.2. The van der Waals surface area contributed by atoms with Crippen molar-refractivity contribution < 1.29 is 18.7 Å². The van der Waals surface area contributed by atoms with Gasteiger partial charge in [-0.2, -0.15) is 4.68 Å². The van der Waals surface area contributed by atoms with E-state index < -0.39 is 12.6 Å². The minimum atomic E-state index is -0.772. The van der Waals surface area contributed by atoms with Crippen LogP contribution in [0.3, 0.4) is 0 Å². The van der Waals surface area contributed by atoms with E-state index in [2.05, 4.69) is 20.5 Å². The summed E-state index contributed by atoms with van der Waals surface area (Å²) >= 11 is 0. The van der Waals surface area contributed by atoms with Crippen molar-refractivity contribution in [2.24, 2.45) is 0 Å². The van der Waals surface area contributed by atoms with Crippen LogP contribution in [0.2, 0.25) is 0 Å². The van der Waals surface area contributed by atoms with Gasteiger partial charge in [0.05, 0.1) is 12.0 Å². The van der Waals surface area contributed by atoms with Crippen LogP contribution in [-0.2, 0) is 9.53 Å². The first kappa shape index (κ1) is 18.1. The molecule has 1 aromatic carbocycles. The average molecular weight is 389 g/mol. The fraction of sp³-hybridized carbons (Fsp3) is 0.0500. The predicted octanol–water partition coefficient (Wildman–Crippen LogP) is 2.69. The Hall–Kier alpha value is -4.27. The summed E-state index contributed by atoms with van der Waals surface area (Å²) in [6.07, 6.45) is 4.54. The molecule has 0 bridgehead atoms. The maximum Gasteiger partial charge on any atom is 0.357 e. The molecule has 144 valence electrons. The summed E-state index contributed by atoms with van der Waals surface area (Å²) < 4.78 is 11.8. The van der Waals surface area contributed by atoms with Gasteiger partial charge in [0, 0.05) is 17.8 Å². The van der Waals surface area contributed by atoms with Crippen molar-refractivity contribution >= 4 is 23.5 Å². The Balaban J connectivity index is 1.64. The van der Waals surface area contributed by atoms with Gasteiger partial charge < -0.3 is 14.1 Å². The molecule has 4 rings (SSSR count). The highest BCUT2D eigenvalue weighted by molar-refractivity contribution is 6.16. The van der Waals surface area contributed by atoms with E-state index >= 15 is 0 Å². The molecular weight excluding hydrogens is 374 g/mol. The molecule has 0 aliphatic heterocycles. The van der Waals surface area contributed by atoms with E-state index in [1.54, 1.807) is 30.5 Å². The predicted molar refractivity (Wildman–Crippen MR) is 102 cm³/mol. The minimum Gasteiger partial charge on any atom is -0.465 e. The molecule has 0 saturated carbocycles. The first-order valence-corrected chi connectivity index (χ1v) is 8.65. The van der Waals surface area contributed by atoms with Crippen molar-refractivity contribution in [3.05, 3.63) is 78.5 Å². The number of tetrazole rings is 1. The number of furan rings is 1. The van der Waals surface area contributed by atoms with Crippen molar-refractivity contribution in [2.75, 3.05) is 6.61 Å². The van der Waals surface area contributed by atoms with E-state index in [4.69, 9.17) is 9.15 Å². The number of nitrogens with zero attached hydrogens (tertiary/aromatic N) is 4. The fourth-order valence-corrected chi connectivity index (χ4v) is 2.62. The zero-order valence-electron chi connectivity index (χ0n) is 15.1. The Labute approximate surface area is 164 Å². The maximum atomic E-state index is 12.8. The van der Waals surface area contributed by atoms with Gasteiger partial charge in [0.25, 0.3) is 0 Å². The molecular formula is C20H15N5O4. The minimum absolute atomic E-state index is 0.00286. The molecule has 0 radical (unpaired) electrons. The second-order valence-corrected chi connectivity index (χ2v) is 5.91. The van der Waals surface area contributed by atoms with Crippen LogP contribution in [0, 0.1) is 0 Å². The van der Waals surface area contributed by atoms with Gasteiger partial charge in [-0.1, -0.05) is 30.3 Å². The summed E-state index contributed by atoms with van der Waals surface area (Å²) in [6, 6.07) is 15.8. The van der Waals surface area contributed by atoms with Gasteiger partial charge in [0.1, 0.15) is 5.76 Å². The number of hydrogen-bond acceptors (Lipinski definition) is 7. The van der Waals surface area contributed by atoms with Crippen molar-refractivity contribution in [1.82, 2.24) is 25.2 Å². The number of carbonyl (C=O) groups is 2. The third-order valence-corrected chi connectivity index (χ3v) is 3.99. The Morgan fingerprint density at radius 3 is 2.69 bits per heavy atom. The molecule has 0 unspecified atom stereocenters. The monoisotopic (exact) mass is 389 g/mol. The first-order chi connectivity index (χ1) is 14.2. The number of ketones is 1. The molecule has 0 saturated heterocycles. The fourth-order valence-electron chi connectivity index (χ4n) is 2.62. The molecule has 3 aromatic heterocycles. The number of aromatic nitrogens is 5. The highest BCUT2D eigenvalue weighted by atomic mass is 16.5. The number of ether oxygens (including phenoxy) is 1. The summed E-state index contributed by atoms with van der Waals surface area (Å²) in [7, 11) is 0. The summed E-state index contributed by atoms with van der Waals surface area (Å²) in [4.78, 5) is 27.7. The van der Waals surface area contributed by atoms with Crippen LogP contribution in [0.1, 0.15) is 16.2 Å². The Kier molecular flexibility index (Phi) is 5.10. The van der Waals surface area contributed by atoms with Crippen molar-refractivity contribution in [1.29, 1.82) is 0 Å². The average Bonchev–Trinajstić information content (AvgIpc) is 3.52. The lowest BCUT2D eigenvalue weighted by Crippen LogP contribution is -2.19. The number of H-pyrrole nitrogens is 1. The van der Waals surface area contributed by atoms with Crippen molar-refractivity contribution in [2.45, 2.75) is 0 Å². The Morgan fingerprint density at radius 1 is 1.10 bits per heavy atom. The molecule has 29 heavy (non-hydrogen) atoms. The lowest BCUT2D eigenvalue weighted by Gasteiger charge is -2.09. The molecule has 0 aliphatic rings. The van der Waals surface area contributed by atoms with Crippen LogP contribution in [0.25, 0.3) is 23.2 Å². The van der Waals surface area contributed by atoms with E-state index in [0.717, 1.165) is 0 Å². The summed E-state index contributed by atoms with van der Waals surface area (Å²) in [5.74, 6) is -0.385. The third kappa shape index (κ3) is 4.03. The van der Waals surface area contributed by atoms with Gasteiger partial charge in [-0.15, -0.1) is 5.10 Å². The molecule has 0 aliphatic carbocycles. The smallest absolute Gasteiger partial charge is 0.357 e. The van der Waals surface area contributed by atoms with E-state index in [1.807, 2.05) is 30.3 Å². The largest absolute Gasteiger partial charge is 0.465 e. The van der Waals surface area contributed by atoms with E-state index in [1.165, 1.54) is 17.0 Å². The number of nitrogens with one attached hydrogen (secondary N) is 1. The number of carbonyl (C=O) groups excluding carboxylic acids is 2.